The van der Waals surface area contributed by atoms with Gasteiger partial charge >= 0.3 is 5.97 Å². The van der Waals surface area contributed by atoms with Crippen molar-refractivity contribution in [3.63, 3.8) is 0 Å². The first-order valence-corrected chi connectivity index (χ1v) is 7.97. The standard InChI is InChI=1S/C14H11Cl2NO3S/c15-7-3-4-8-10(6-7)21-12(11(8)16)13(18)17-5-1-2-9(17)14(19)20/h3-4,6,9H,1-2,5H2,(H,19,20). The second-order valence-electron chi connectivity index (χ2n) is 4.88. The Balaban J connectivity index is 2.02. The minimum absolute atomic E-state index is 0.317. The van der Waals surface area contributed by atoms with Gasteiger partial charge in [0, 0.05) is 21.7 Å². The minimum Gasteiger partial charge on any atom is -0.480 e. The van der Waals surface area contributed by atoms with Gasteiger partial charge in [0.15, 0.2) is 0 Å². The number of carboxylic acid groups (broad SMARTS) is 1. The van der Waals surface area contributed by atoms with E-state index in [4.69, 9.17) is 23.2 Å². The summed E-state index contributed by atoms with van der Waals surface area (Å²) in [5.74, 6) is -1.29. The Hall–Kier alpha value is -1.30. The number of rotatable bonds is 2. The van der Waals surface area contributed by atoms with E-state index in [9.17, 15) is 14.7 Å². The van der Waals surface area contributed by atoms with Crippen molar-refractivity contribution in [1.82, 2.24) is 4.90 Å². The van der Waals surface area contributed by atoms with Gasteiger partial charge in [-0.1, -0.05) is 29.3 Å². The van der Waals surface area contributed by atoms with Gasteiger partial charge < -0.3 is 10.0 Å². The second-order valence-corrected chi connectivity index (χ2v) is 6.75. The van der Waals surface area contributed by atoms with Gasteiger partial charge in [0.25, 0.3) is 5.91 Å². The molecular formula is C14H11Cl2NO3S. The number of halogens is 2. The van der Waals surface area contributed by atoms with Crippen molar-refractivity contribution in [2.24, 2.45) is 0 Å². The fraction of sp³-hybridized carbons (Fsp3) is 0.286. The zero-order valence-corrected chi connectivity index (χ0v) is 13.1. The minimum atomic E-state index is -0.971. The van der Waals surface area contributed by atoms with Gasteiger partial charge in [0.2, 0.25) is 0 Å². The predicted molar refractivity (Wildman–Crippen MR) is 83.5 cm³/mol. The van der Waals surface area contributed by atoms with E-state index in [1.54, 1.807) is 18.2 Å². The third-order valence-corrected chi connectivity index (χ3v) is 5.46. The molecule has 1 aliphatic rings. The third-order valence-electron chi connectivity index (χ3n) is 3.58. The van der Waals surface area contributed by atoms with E-state index in [0.717, 1.165) is 10.1 Å². The molecule has 0 saturated carbocycles. The third kappa shape index (κ3) is 2.50. The maximum Gasteiger partial charge on any atom is 0.326 e. The van der Waals surface area contributed by atoms with Crippen LogP contribution in [0.2, 0.25) is 10.0 Å². The Morgan fingerprint density at radius 1 is 1.33 bits per heavy atom. The van der Waals surface area contributed by atoms with Crippen LogP contribution in [-0.2, 0) is 4.79 Å². The Bertz CT molecular complexity index is 743. The number of hydrogen-bond donors (Lipinski definition) is 1. The Labute approximate surface area is 134 Å². The first-order chi connectivity index (χ1) is 9.99. The van der Waals surface area contributed by atoms with Gasteiger partial charge in [0.1, 0.15) is 10.9 Å². The summed E-state index contributed by atoms with van der Waals surface area (Å²) in [5, 5.41) is 10.9. The van der Waals surface area contributed by atoms with Crippen LogP contribution in [-0.4, -0.2) is 34.5 Å². The number of thiophene rings is 1. The highest BCUT2D eigenvalue weighted by molar-refractivity contribution is 7.21. The number of amides is 1. The maximum atomic E-state index is 12.6. The molecule has 1 unspecified atom stereocenters. The van der Waals surface area contributed by atoms with E-state index in [-0.39, 0.29) is 5.91 Å². The maximum absolute atomic E-state index is 12.6. The average Bonchev–Trinajstić information content (AvgIpc) is 3.03. The number of hydrogen-bond acceptors (Lipinski definition) is 3. The number of carboxylic acids is 1. The molecule has 1 amide bonds. The van der Waals surface area contributed by atoms with Crippen LogP contribution < -0.4 is 0 Å². The van der Waals surface area contributed by atoms with Crippen LogP contribution in [0.3, 0.4) is 0 Å². The molecule has 1 atom stereocenters. The summed E-state index contributed by atoms with van der Waals surface area (Å²) >= 11 is 13.5. The molecule has 2 heterocycles. The van der Waals surface area contributed by atoms with E-state index in [0.29, 0.717) is 34.3 Å². The lowest BCUT2D eigenvalue weighted by Crippen LogP contribution is -2.40. The van der Waals surface area contributed by atoms with E-state index in [2.05, 4.69) is 0 Å². The van der Waals surface area contributed by atoms with Crippen molar-refractivity contribution >= 4 is 56.5 Å². The van der Waals surface area contributed by atoms with Crippen LogP contribution in [0.4, 0.5) is 0 Å². The van der Waals surface area contributed by atoms with Crippen LogP contribution in [0.5, 0.6) is 0 Å². The highest BCUT2D eigenvalue weighted by Gasteiger charge is 2.36. The molecule has 1 fully saturated rings. The average molecular weight is 344 g/mol. The summed E-state index contributed by atoms with van der Waals surface area (Å²) in [4.78, 5) is 25.6. The van der Waals surface area contributed by atoms with Gasteiger partial charge in [-0.15, -0.1) is 11.3 Å². The van der Waals surface area contributed by atoms with Crippen molar-refractivity contribution in [1.29, 1.82) is 0 Å². The monoisotopic (exact) mass is 343 g/mol. The van der Waals surface area contributed by atoms with Gasteiger partial charge in [-0.2, -0.15) is 0 Å². The number of carbonyl (C=O) groups excluding carboxylic acids is 1. The summed E-state index contributed by atoms with van der Waals surface area (Å²) < 4.78 is 0.821. The molecule has 1 aliphatic heterocycles. The molecule has 1 aromatic heterocycles. The van der Waals surface area contributed by atoms with Crippen LogP contribution in [0.15, 0.2) is 18.2 Å². The summed E-state index contributed by atoms with van der Waals surface area (Å²) in [6, 6.07) is 4.48. The van der Waals surface area contributed by atoms with E-state index < -0.39 is 12.0 Å². The molecule has 1 N–H and O–H groups in total. The normalized spacial score (nSPS) is 18.4. The topological polar surface area (TPSA) is 57.6 Å². The molecule has 4 nitrogen and oxygen atoms in total. The molecular weight excluding hydrogens is 333 g/mol. The number of nitrogens with zero attached hydrogens (tertiary/aromatic N) is 1. The number of aliphatic carboxylic acids is 1. The van der Waals surface area contributed by atoms with Crippen LogP contribution >= 0.6 is 34.5 Å². The number of likely N-dealkylation sites (tertiary alicyclic amines) is 1. The van der Waals surface area contributed by atoms with Crippen molar-refractivity contribution in [3.05, 3.63) is 33.1 Å². The molecule has 0 spiro atoms. The summed E-state index contributed by atoms with van der Waals surface area (Å²) in [6.07, 6.45) is 1.17. The van der Waals surface area contributed by atoms with Gasteiger partial charge in [-0.05, 0) is 25.0 Å². The predicted octanol–water partition coefficient (Wildman–Crippen LogP) is 3.90. The molecule has 0 bridgehead atoms. The first-order valence-electron chi connectivity index (χ1n) is 6.40. The van der Waals surface area contributed by atoms with E-state index in [1.165, 1.54) is 16.2 Å². The lowest BCUT2D eigenvalue weighted by molar-refractivity contribution is -0.141. The van der Waals surface area contributed by atoms with Gasteiger partial charge in [-0.25, -0.2) is 4.79 Å². The van der Waals surface area contributed by atoms with Gasteiger partial charge in [0.05, 0.1) is 5.02 Å². The van der Waals surface area contributed by atoms with Crippen LogP contribution in [0.1, 0.15) is 22.5 Å². The van der Waals surface area contributed by atoms with Crippen molar-refractivity contribution in [2.45, 2.75) is 18.9 Å². The molecule has 1 saturated heterocycles. The molecule has 2 aromatic rings. The van der Waals surface area contributed by atoms with Crippen LogP contribution in [0.25, 0.3) is 10.1 Å². The zero-order chi connectivity index (χ0) is 15.1. The van der Waals surface area contributed by atoms with Crippen molar-refractivity contribution in [2.75, 3.05) is 6.54 Å². The highest BCUT2D eigenvalue weighted by Crippen LogP contribution is 2.38. The summed E-state index contributed by atoms with van der Waals surface area (Å²) in [6.45, 7) is 0.446. The molecule has 0 radical (unpaired) electrons. The Morgan fingerprint density at radius 3 is 2.81 bits per heavy atom. The molecule has 1 aromatic carbocycles. The van der Waals surface area contributed by atoms with E-state index >= 15 is 0 Å². The molecule has 0 aliphatic carbocycles. The molecule has 21 heavy (non-hydrogen) atoms. The molecule has 110 valence electrons. The van der Waals surface area contributed by atoms with E-state index in [1.807, 2.05) is 0 Å². The fourth-order valence-corrected chi connectivity index (χ4v) is 4.32. The van der Waals surface area contributed by atoms with Crippen molar-refractivity contribution in [3.8, 4) is 0 Å². The number of carbonyl (C=O) groups is 2. The smallest absolute Gasteiger partial charge is 0.326 e. The zero-order valence-electron chi connectivity index (χ0n) is 10.8. The second kappa shape index (κ2) is 5.48. The number of fused-ring (bicyclic) bond motifs is 1. The highest BCUT2D eigenvalue weighted by atomic mass is 35.5. The number of benzene rings is 1. The van der Waals surface area contributed by atoms with Crippen molar-refractivity contribution < 1.29 is 14.7 Å². The largest absolute Gasteiger partial charge is 0.480 e. The SMILES string of the molecule is O=C(O)C1CCCN1C(=O)c1sc2cc(Cl)ccc2c1Cl. The first kappa shape index (κ1) is 14.6. The summed E-state index contributed by atoms with van der Waals surface area (Å²) in [7, 11) is 0. The molecule has 7 heteroatoms. The lowest BCUT2D eigenvalue weighted by atomic mass is 10.2. The fourth-order valence-electron chi connectivity index (χ4n) is 2.57. The lowest BCUT2D eigenvalue weighted by Gasteiger charge is -2.20. The van der Waals surface area contributed by atoms with Crippen LogP contribution in [0, 0.1) is 0 Å². The Morgan fingerprint density at radius 2 is 2.10 bits per heavy atom. The van der Waals surface area contributed by atoms with Gasteiger partial charge in [-0.3, -0.25) is 4.79 Å². The summed E-state index contributed by atoms with van der Waals surface area (Å²) in [5.41, 5.74) is 0. The Kier molecular flexibility index (Phi) is 3.82. The quantitative estimate of drug-likeness (QED) is 0.899. The molecule has 3 rings (SSSR count).